The largest absolute Gasteiger partial charge is 0.465 e. The molecule has 0 unspecified atom stereocenters. The summed E-state index contributed by atoms with van der Waals surface area (Å²) in [5.74, 6) is 0.191. The van der Waals surface area contributed by atoms with E-state index in [1.165, 1.54) is 25.4 Å². The van der Waals surface area contributed by atoms with Gasteiger partial charge in [-0.15, -0.1) is 11.3 Å². The number of thiophene rings is 1. The van der Waals surface area contributed by atoms with Gasteiger partial charge >= 0.3 is 5.97 Å². The zero-order chi connectivity index (χ0) is 19.8. The Balaban J connectivity index is 1.64. The third-order valence-corrected chi connectivity index (χ3v) is 5.89. The molecule has 9 heteroatoms. The molecule has 0 aliphatic carbocycles. The first kappa shape index (κ1) is 18.3. The van der Waals surface area contributed by atoms with Gasteiger partial charge in [0.2, 0.25) is 12.7 Å². The summed E-state index contributed by atoms with van der Waals surface area (Å²) >= 11 is 1.29. The minimum Gasteiger partial charge on any atom is -0.465 e. The third-order valence-electron chi connectivity index (χ3n) is 4.75. The van der Waals surface area contributed by atoms with Crippen molar-refractivity contribution in [3.63, 3.8) is 0 Å². The molecule has 2 amide bonds. The van der Waals surface area contributed by atoms with Gasteiger partial charge in [-0.25, -0.2) is 4.79 Å². The van der Waals surface area contributed by atoms with Crippen molar-refractivity contribution in [2.45, 2.75) is 19.9 Å². The van der Waals surface area contributed by atoms with Gasteiger partial charge in [-0.1, -0.05) is 0 Å². The maximum atomic E-state index is 12.7. The van der Waals surface area contributed by atoms with E-state index >= 15 is 0 Å². The van der Waals surface area contributed by atoms with Crippen molar-refractivity contribution in [2.24, 2.45) is 0 Å². The summed E-state index contributed by atoms with van der Waals surface area (Å²) in [4.78, 5) is 39.4. The molecule has 146 valence electrons. The second-order valence-electron chi connectivity index (χ2n) is 6.41. The van der Waals surface area contributed by atoms with E-state index in [4.69, 9.17) is 14.2 Å². The highest BCUT2D eigenvalue weighted by Crippen LogP contribution is 2.38. The van der Waals surface area contributed by atoms with E-state index in [9.17, 15) is 14.4 Å². The number of amides is 2. The van der Waals surface area contributed by atoms with Crippen LogP contribution in [0.5, 0.6) is 11.5 Å². The molecule has 28 heavy (non-hydrogen) atoms. The van der Waals surface area contributed by atoms with Crippen molar-refractivity contribution in [1.29, 1.82) is 0 Å². The molecule has 0 bridgehead atoms. The Morgan fingerprint density at radius 1 is 1.21 bits per heavy atom. The fourth-order valence-electron chi connectivity index (χ4n) is 3.29. The Hall–Kier alpha value is -3.07. The molecule has 1 aromatic heterocycles. The number of methoxy groups -OCH3 is 1. The maximum absolute atomic E-state index is 12.7. The van der Waals surface area contributed by atoms with Gasteiger partial charge in [-0.3, -0.25) is 9.59 Å². The lowest BCUT2D eigenvalue weighted by Gasteiger charge is -2.25. The maximum Gasteiger partial charge on any atom is 0.341 e. The molecule has 0 atom stereocenters. The van der Waals surface area contributed by atoms with Gasteiger partial charge in [0.1, 0.15) is 5.00 Å². The summed E-state index contributed by atoms with van der Waals surface area (Å²) in [7, 11) is 1.31. The van der Waals surface area contributed by atoms with E-state index in [0.717, 1.165) is 10.4 Å². The lowest BCUT2D eigenvalue weighted by atomic mass is 10.0. The van der Waals surface area contributed by atoms with Crippen LogP contribution in [0, 0.1) is 0 Å². The number of rotatable bonds is 3. The van der Waals surface area contributed by atoms with Crippen LogP contribution < -0.4 is 14.8 Å². The Morgan fingerprint density at radius 3 is 2.75 bits per heavy atom. The zero-order valence-corrected chi connectivity index (χ0v) is 16.2. The highest BCUT2D eigenvalue weighted by Gasteiger charge is 2.30. The fourth-order valence-corrected chi connectivity index (χ4v) is 4.54. The number of esters is 1. The van der Waals surface area contributed by atoms with Gasteiger partial charge in [0, 0.05) is 23.9 Å². The second kappa shape index (κ2) is 7.16. The number of benzene rings is 1. The van der Waals surface area contributed by atoms with Gasteiger partial charge in [-0.05, 0) is 30.2 Å². The molecular weight excluding hydrogens is 384 g/mol. The van der Waals surface area contributed by atoms with Crippen LogP contribution >= 0.6 is 11.3 Å². The van der Waals surface area contributed by atoms with Crippen LogP contribution in [-0.4, -0.2) is 43.1 Å². The number of carbonyl (C=O) groups is 3. The van der Waals surface area contributed by atoms with Crippen molar-refractivity contribution in [1.82, 2.24) is 4.90 Å². The number of carbonyl (C=O) groups excluding carboxylic acids is 3. The fraction of sp³-hybridized carbons (Fsp3) is 0.316. The number of fused-ring (bicyclic) bond motifs is 2. The zero-order valence-electron chi connectivity index (χ0n) is 15.4. The van der Waals surface area contributed by atoms with Gasteiger partial charge in [0.15, 0.2) is 11.5 Å². The molecule has 0 fully saturated rings. The lowest BCUT2D eigenvalue weighted by molar-refractivity contribution is -0.129. The Bertz CT molecular complexity index is 983. The van der Waals surface area contributed by atoms with E-state index in [1.807, 2.05) is 0 Å². The van der Waals surface area contributed by atoms with Crippen LogP contribution in [0.2, 0.25) is 0 Å². The summed E-state index contributed by atoms with van der Waals surface area (Å²) in [5, 5.41) is 3.23. The number of hydrogen-bond donors (Lipinski definition) is 1. The topological polar surface area (TPSA) is 94.2 Å². The molecule has 0 saturated carbocycles. The molecule has 2 aliphatic rings. The van der Waals surface area contributed by atoms with Crippen molar-refractivity contribution >= 4 is 34.1 Å². The lowest BCUT2D eigenvalue weighted by Crippen LogP contribution is -2.33. The predicted molar refractivity (Wildman–Crippen MR) is 101 cm³/mol. The third kappa shape index (κ3) is 3.18. The normalized spacial score (nSPS) is 14.4. The molecule has 0 radical (unpaired) electrons. The number of ether oxygens (including phenoxy) is 3. The second-order valence-corrected chi connectivity index (χ2v) is 7.52. The van der Waals surface area contributed by atoms with Crippen molar-refractivity contribution in [3.8, 4) is 11.5 Å². The molecular formula is C19H18N2O6S. The van der Waals surface area contributed by atoms with Crippen molar-refractivity contribution < 1.29 is 28.6 Å². The Labute approximate surface area is 165 Å². The molecule has 1 N–H and O–H groups in total. The SMILES string of the molecule is COC(=O)c1c(NC(=O)c2ccc3c(c2)OCO3)sc2c1CCN(C(C)=O)C2. The highest BCUT2D eigenvalue weighted by atomic mass is 32.1. The molecule has 2 aliphatic heterocycles. The highest BCUT2D eigenvalue weighted by molar-refractivity contribution is 7.17. The van der Waals surface area contributed by atoms with Crippen molar-refractivity contribution in [3.05, 3.63) is 39.8 Å². The first-order valence-corrected chi connectivity index (χ1v) is 9.49. The average molecular weight is 402 g/mol. The first-order valence-electron chi connectivity index (χ1n) is 8.67. The Morgan fingerprint density at radius 2 is 2.00 bits per heavy atom. The van der Waals surface area contributed by atoms with Gasteiger partial charge in [-0.2, -0.15) is 0 Å². The molecule has 3 heterocycles. The van der Waals surface area contributed by atoms with Crippen molar-refractivity contribution in [2.75, 3.05) is 25.8 Å². The van der Waals surface area contributed by atoms with E-state index < -0.39 is 5.97 Å². The van der Waals surface area contributed by atoms with E-state index in [1.54, 1.807) is 23.1 Å². The van der Waals surface area contributed by atoms with Crippen LogP contribution in [0.25, 0.3) is 0 Å². The minimum atomic E-state index is -0.505. The molecule has 8 nitrogen and oxygen atoms in total. The van der Waals surface area contributed by atoms with Crippen LogP contribution in [-0.2, 0) is 22.5 Å². The van der Waals surface area contributed by atoms with E-state index in [2.05, 4.69) is 5.32 Å². The van der Waals surface area contributed by atoms with Crippen LogP contribution in [0.3, 0.4) is 0 Å². The predicted octanol–water partition coefficient (Wildman–Crippen LogP) is 2.42. The number of nitrogens with zero attached hydrogens (tertiary/aromatic N) is 1. The minimum absolute atomic E-state index is 0.0235. The van der Waals surface area contributed by atoms with E-state index in [0.29, 0.717) is 47.1 Å². The van der Waals surface area contributed by atoms with Crippen LogP contribution in [0.1, 0.15) is 38.1 Å². The standard InChI is InChI=1S/C19H18N2O6S/c1-10(22)21-6-5-12-15(8-21)28-18(16(12)19(24)25-2)20-17(23)11-3-4-13-14(7-11)27-9-26-13/h3-4,7H,5-6,8-9H2,1-2H3,(H,20,23). The monoisotopic (exact) mass is 402 g/mol. The quantitative estimate of drug-likeness (QED) is 0.793. The molecule has 0 saturated heterocycles. The molecule has 2 aromatic rings. The Kier molecular flexibility index (Phi) is 4.68. The molecule has 4 rings (SSSR count). The summed E-state index contributed by atoms with van der Waals surface area (Å²) in [5.41, 5.74) is 1.58. The number of hydrogen-bond acceptors (Lipinski definition) is 7. The number of nitrogens with one attached hydrogen (secondary N) is 1. The first-order chi connectivity index (χ1) is 13.5. The summed E-state index contributed by atoms with van der Waals surface area (Å²) in [6.45, 7) is 2.58. The molecule has 0 spiro atoms. The van der Waals surface area contributed by atoms with Gasteiger partial charge in [0.25, 0.3) is 5.91 Å². The summed E-state index contributed by atoms with van der Waals surface area (Å²) in [6.07, 6.45) is 0.537. The van der Waals surface area contributed by atoms with E-state index in [-0.39, 0.29) is 18.6 Å². The smallest absolute Gasteiger partial charge is 0.341 e. The summed E-state index contributed by atoms with van der Waals surface area (Å²) in [6, 6.07) is 4.90. The van der Waals surface area contributed by atoms with Crippen LogP contribution in [0.15, 0.2) is 18.2 Å². The molecule has 1 aromatic carbocycles. The summed E-state index contributed by atoms with van der Waals surface area (Å²) < 4.78 is 15.5. The van der Waals surface area contributed by atoms with Crippen LogP contribution in [0.4, 0.5) is 5.00 Å². The van der Waals surface area contributed by atoms with Gasteiger partial charge < -0.3 is 24.4 Å². The van der Waals surface area contributed by atoms with Gasteiger partial charge in [0.05, 0.1) is 19.2 Å². The number of anilines is 1. The average Bonchev–Trinajstić information content (AvgIpc) is 3.29.